The number of anilines is 1. The van der Waals surface area contributed by atoms with E-state index in [1.807, 2.05) is 24.3 Å². The predicted molar refractivity (Wildman–Crippen MR) is 118 cm³/mol. The van der Waals surface area contributed by atoms with Crippen LogP contribution in [0.25, 0.3) is 0 Å². The van der Waals surface area contributed by atoms with Crippen LogP contribution in [0.4, 0.5) is 24.5 Å². The number of carbonyl (C=O) groups excluding carboxylic acids is 1. The second kappa shape index (κ2) is 10.1. The van der Waals surface area contributed by atoms with Gasteiger partial charge in [-0.1, -0.05) is 32.0 Å². The highest BCUT2D eigenvalue weighted by atomic mass is 19.4. The Bertz CT molecular complexity index is 1000. The maximum atomic E-state index is 12.9. The van der Waals surface area contributed by atoms with Crippen LogP contribution in [0, 0.1) is 10.1 Å². The van der Waals surface area contributed by atoms with Crippen molar-refractivity contribution in [2.24, 2.45) is 0 Å². The van der Waals surface area contributed by atoms with Crippen molar-refractivity contribution in [3.05, 3.63) is 63.7 Å². The number of carbonyl (C=O) groups is 1. The van der Waals surface area contributed by atoms with Gasteiger partial charge in [0.2, 0.25) is 0 Å². The number of amides is 1. The Morgan fingerprint density at radius 1 is 1.15 bits per heavy atom. The van der Waals surface area contributed by atoms with Gasteiger partial charge in [-0.2, -0.15) is 13.2 Å². The van der Waals surface area contributed by atoms with E-state index in [2.05, 4.69) is 13.8 Å². The van der Waals surface area contributed by atoms with Gasteiger partial charge in [0.15, 0.2) is 6.61 Å². The lowest BCUT2D eigenvalue weighted by molar-refractivity contribution is -0.384. The van der Waals surface area contributed by atoms with E-state index in [4.69, 9.17) is 4.74 Å². The molecule has 33 heavy (non-hydrogen) atoms. The molecule has 0 radical (unpaired) electrons. The summed E-state index contributed by atoms with van der Waals surface area (Å²) in [6, 6.07) is 10.1. The van der Waals surface area contributed by atoms with Gasteiger partial charge in [0.1, 0.15) is 11.4 Å². The van der Waals surface area contributed by atoms with E-state index in [1.54, 1.807) is 9.80 Å². The Morgan fingerprint density at radius 3 is 2.42 bits per heavy atom. The number of nitrogens with zero attached hydrogens (tertiary/aromatic N) is 3. The average molecular weight is 465 g/mol. The lowest BCUT2D eigenvalue weighted by Crippen LogP contribution is -2.50. The largest absolute Gasteiger partial charge is 0.483 e. The predicted octanol–water partition coefficient (Wildman–Crippen LogP) is 4.85. The smallest absolute Gasteiger partial charge is 0.416 e. The molecule has 0 spiro atoms. The summed E-state index contributed by atoms with van der Waals surface area (Å²) >= 11 is 0. The Balaban J connectivity index is 1.62. The van der Waals surface area contributed by atoms with E-state index in [0.717, 1.165) is 24.1 Å². The first-order valence-electron chi connectivity index (χ1n) is 10.7. The van der Waals surface area contributed by atoms with E-state index < -0.39 is 22.4 Å². The standard InChI is InChI=1S/C23H26F3N3O4/c1-3-16(2)18-6-4-5-7-21(18)33-15-22(30)28-12-10-27(11-13-28)19-9-8-17(23(24,25)26)14-20(19)29(31)32/h4-9,14,16H,3,10-13,15H2,1-2H3. The highest BCUT2D eigenvalue weighted by Gasteiger charge is 2.34. The molecule has 7 nitrogen and oxygen atoms in total. The molecule has 1 aliphatic heterocycles. The molecule has 0 saturated carbocycles. The summed E-state index contributed by atoms with van der Waals surface area (Å²) in [5.41, 5.74) is -0.526. The van der Waals surface area contributed by atoms with E-state index in [1.165, 1.54) is 0 Å². The molecule has 1 unspecified atom stereocenters. The average Bonchev–Trinajstić information content (AvgIpc) is 2.81. The van der Waals surface area contributed by atoms with Gasteiger partial charge in [-0.15, -0.1) is 0 Å². The Morgan fingerprint density at radius 2 is 1.82 bits per heavy atom. The van der Waals surface area contributed by atoms with Crippen LogP contribution in [-0.2, 0) is 11.0 Å². The van der Waals surface area contributed by atoms with Gasteiger partial charge in [-0.05, 0) is 36.1 Å². The van der Waals surface area contributed by atoms with Crippen LogP contribution in [-0.4, -0.2) is 48.5 Å². The van der Waals surface area contributed by atoms with Gasteiger partial charge < -0.3 is 14.5 Å². The van der Waals surface area contributed by atoms with Gasteiger partial charge >= 0.3 is 6.18 Å². The fourth-order valence-corrected chi connectivity index (χ4v) is 3.78. The molecule has 1 amide bonds. The first kappa shape index (κ1) is 24.3. The summed E-state index contributed by atoms with van der Waals surface area (Å²) < 4.78 is 44.6. The number of halogens is 3. The molecule has 1 heterocycles. The van der Waals surface area contributed by atoms with Crippen molar-refractivity contribution in [3.8, 4) is 5.75 Å². The molecule has 1 aliphatic rings. The third-order valence-electron chi connectivity index (χ3n) is 5.89. The number of piperazine rings is 1. The molecule has 0 aliphatic carbocycles. The number of hydrogen-bond acceptors (Lipinski definition) is 5. The van der Waals surface area contributed by atoms with Crippen LogP contribution >= 0.6 is 0 Å². The van der Waals surface area contributed by atoms with Crippen molar-refractivity contribution in [1.29, 1.82) is 0 Å². The zero-order valence-electron chi connectivity index (χ0n) is 18.5. The van der Waals surface area contributed by atoms with Gasteiger partial charge in [0.25, 0.3) is 11.6 Å². The molecule has 10 heteroatoms. The fourth-order valence-electron chi connectivity index (χ4n) is 3.78. The quantitative estimate of drug-likeness (QED) is 0.431. The highest BCUT2D eigenvalue weighted by molar-refractivity contribution is 5.78. The normalized spacial score (nSPS) is 15.3. The fraction of sp³-hybridized carbons (Fsp3) is 0.435. The number of alkyl halides is 3. The zero-order chi connectivity index (χ0) is 24.2. The monoisotopic (exact) mass is 465 g/mol. The number of ether oxygens (including phenoxy) is 1. The Labute approximate surface area is 189 Å². The molecular weight excluding hydrogens is 439 g/mol. The molecule has 1 atom stereocenters. The summed E-state index contributed by atoms with van der Waals surface area (Å²) in [5.74, 6) is 0.745. The molecular formula is C23H26F3N3O4. The maximum Gasteiger partial charge on any atom is 0.416 e. The summed E-state index contributed by atoms with van der Waals surface area (Å²) in [6.45, 7) is 5.13. The summed E-state index contributed by atoms with van der Waals surface area (Å²) in [7, 11) is 0. The Kier molecular flexibility index (Phi) is 7.45. The minimum absolute atomic E-state index is 0.110. The van der Waals surface area contributed by atoms with E-state index in [9.17, 15) is 28.1 Å². The van der Waals surface area contributed by atoms with E-state index in [0.29, 0.717) is 17.7 Å². The lowest BCUT2D eigenvalue weighted by atomic mass is 9.98. The van der Waals surface area contributed by atoms with Crippen molar-refractivity contribution in [2.75, 3.05) is 37.7 Å². The van der Waals surface area contributed by atoms with Crippen LogP contribution in [0.3, 0.4) is 0 Å². The van der Waals surface area contributed by atoms with E-state index >= 15 is 0 Å². The highest BCUT2D eigenvalue weighted by Crippen LogP contribution is 2.37. The van der Waals surface area contributed by atoms with Crippen molar-refractivity contribution in [2.45, 2.75) is 32.4 Å². The minimum atomic E-state index is -4.66. The molecule has 0 bridgehead atoms. The van der Waals surface area contributed by atoms with Crippen molar-refractivity contribution in [1.82, 2.24) is 4.90 Å². The SMILES string of the molecule is CCC(C)c1ccccc1OCC(=O)N1CCN(c2ccc(C(F)(F)F)cc2[N+](=O)[O-])CC1. The molecule has 3 rings (SSSR count). The molecule has 178 valence electrons. The summed E-state index contributed by atoms with van der Waals surface area (Å²) in [6.07, 6.45) is -3.73. The van der Waals surface area contributed by atoms with Gasteiger partial charge in [-0.25, -0.2) is 0 Å². The van der Waals surface area contributed by atoms with Crippen molar-refractivity contribution in [3.63, 3.8) is 0 Å². The number of benzene rings is 2. The van der Waals surface area contributed by atoms with Crippen LogP contribution in [0.15, 0.2) is 42.5 Å². The Hall–Kier alpha value is -3.30. The number of rotatable bonds is 7. The first-order chi connectivity index (χ1) is 15.6. The maximum absolute atomic E-state index is 12.9. The van der Waals surface area contributed by atoms with Crippen molar-refractivity contribution < 1.29 is 27.6 Å². The minimum Gasteiger partial charge on any atom is -0.483 e. The third kappa shape index (κ3) is 5.74. The van der Waals surface area contributed by atoms with E-state index in [-0.39, 0.29) is 44.4 Å². The molecule has 1 saturated heterocycles. The van der Waals surface area contributed by atoms with Gasteiger partial charge in [0.05, 0.1) is 10.5 Å². The second-order valence-electron chi connectivity index (χ2n) is 7.96. The van der Waals surface area contributed by atoms with Crippen LogP contribution < -0.4 is 9.64 Å². The molecule has 0 aromatic heterocycles. The van der Waals surface area contributed by atoms with Gasteiger partial charge in [-0.3, -0.25) is 14.9 Å². The lowest BCUT2D eigenvalue weighted by Gasteiger charge is -2.35. The summed E-state index contributed by atoms with van der Waals surface area (Å²) in [5, 5.41) is 11.4. The number of nitro benzene ring substituents is 1. The number of nitro groups is 1. The van der Waals surface area contributed by atoms with Gasteiger partial charge in [0, 0.05) is 32.2 Å². The zero-order valence-corrected chi connectivity index (χ0v) is 18.5. The molecule has 2 aromatic carbocycles. The number of para-hydroxylation sites is 1. The van der Waals surface area contributed by atoms with Crippen LogP contribution in [0.5, 0.6) is 5.75 Å². The van der Waals surface area contributed by atoms with Crippen molar-refractivity contribution >= 4 is 17.3 Å². The summed E-state index contributed by atoms with van der Waals surface area (Å²) in [4.78, 5) is 26.4. The topological polar surface area (TPSA) is 75.9 Å². The first-order valence-corrected chi connectivity index (χ1v) is 10.7. The van der Waals surface area contributed by atoms with Crippen LogP contribution in [0.2, 0.25) is 0 Å². The molecule has 1 fully saturated rings. The third-order valence-corrected chi connectivity index (χ3v) is 5.89. The number of hydrogen-bond donors (Lipinski definition) is 0. The molecule has 2 aromatic rings. The molecule has 0 N–H and O–H groups in total. The second-order valence-corrected chi connectivity index (χ2v) is 7.96. The van der Waals surface area contributed by atoms with Crippen LogP contribution in [0.1, 0.15) is 37.3 Å².